The maximum atomic E-state index is 12.1. The number of carbonyl (C=O) groups is 2. The van der Waals surface area contributed by atoms with E-state index < -0.39 is 12.1 Å². The van der Waals surface area contributed by atoms with E-state index in [4.69, 9.17) is 9.84 Å². The molecule has 2 N–H and O–H groups in total. The Balaban J connectivity index is 2.00. The first-order valence-electron chi connectivity index (χ1n) is 6.14. The van der Waals surface area contributed by atoms with Crippen LogP contribution in [0.3, 0.4) is 0 Å². The minimum absolute atomic E-state index is 0.0498. The zero-order chi connectivity index (χ0) is 14.7. The molecule has 0 radical (unpaired) electrons. The second kappa shape index (κ2) is 6.23. The van der Waals surface area contributed by atoms with Crippen molar-refractivity contribution in [2.75, 3.05) is 25.0 Å². The molecule has 0 saturated carbocycles. The Morgan fingerprint density at radius 1 is 1.50 bits per heavy atom. The molecular formula is C13H15BrN2O4. The van der Waals surface area contributed by atoms with Gasteiger partial charge in [0, 0.05) is 16.7 Å². The molecule has 2 rings (SSSR count). The predicted octanol–water partition coefficient (Wildman–Crippen LogP) is 2.07. The summed E-state index contributed by atoms with van der Waals surface area (Å²) in [7, 11) is 0. The van der Waals surface area contributed by atoms with Gasteiger partial charge in [-0.05, 0) is 24.6 Å². The molecule has 1 aliphatic heterocycles. The SMILES string of the molecule is Cc1ccc(NC(=O)N2CCOC(C(=O)O)C2)cc1Br. The third-order valence-electron chi connectivity index (χ3n) is 3.05. The highest BCUT2D eigenvalue weighted by Crippen LogP contribution is 2.21. The fourth-order valence-corrected chi connectivity index (χ4v) is 2.24. The topological polar surface area (TPSA) is 78.9 Å². The Morgan fingerprint density at radius 2 is 2.25 bits per heavy atom. The van der Waals surface area contributed by atoms with E-state index in [0.29, 0.717) is 12.2 Å². The smallest absolute Gasteiger partial charge is 0.334 e. The van der Waals surface area contributed by atoms with Crippen LogP contribution in [0.5, 0.6) is 0 Å². The van der Waals surface area contributed by atoms with Gasteiger partial charge < -0.3 is 20.1 Å². The van der Waals surface area contributed by atoms with Crippen molar-refractivity contribution in [3.63, 3.8) is 0 Å². The van der Waals surface area contributed by atoms with Gasteiger partial charge in [-0.25, -0.2) is 9.59 Å². The van der Waals surface area contributed by atoms with Gasteiger partial charge in [-0.15, -0.1) is 0 Å². The van der Waals surface area contributed by atoms with Crippen LogP contribution in [0.15, 0.2) is 22.7 Å². The first-order valence-corrected chi connectivity index (χ1v) is 6.93. The normalized spacial score (nSPS) is 18.7. The molecule has 1 heterocycles. The van der Waals surface area contributed by atoms with Gasteiger partial charge in [0.05, 0.1) is 13.2 Å². The fraction of sp³-hybridized carbons (Fsp3) is 0.385. The van der Waals surface area contributed by atoms with Gasteiger partial charge >= 0.3 is 12.0 Å². The van der Waals surface area contributed by atoms with Crippen LogP contribution in [0.4, 0.5) is 10.5 Å². The molecule has 1 saturated heterocycles. The monoisotopic (exact) mass is 342 g/mol. The number of carboxylic acids is 1. The summed E-state index contributed by atoms with van der Waals surface area (Å²) in [6.07, 6.45) is -0.959. The van der Waals surface area contributed by atoms with E-state index in [-0.39, 0.29) is 19.2 Å². The lowest BCUT2D eigenvalue weighted by Gasteiger charge is -2.30. The van der Waals surface area contributed by atoms with Crippen molar-refractivity contribution >= 4 is 33.6 Å². The van der Waals surface area contributed by atoms with Crippen molar-refractivity contribution in [1.82, 2.24) is 4.90 Å². The number of carboxylic acid groups (broad SMARTS) is 1. The van der Waals surface area contributed by atoms with Crippen molar-refractivity contribution in [1.29, 1.82) is 0 Å². The minimum atomic E-state index is -1.06. The van der Waals surface area contributed by atoms with Crippen LogP contribution in [0, 0.1) is 6.92 Å². The fourth-order valence-electron chi connectivity index (χ4n) is 1.86. The first kappa shape index (κ1) is 14.8. The van der Waals surface area contributed by atoms with Crippen molar-refractivity contribution in [3.8, 4) is 0 Å². The second-order valence-electron chi connectivity index (χ2n) is 4.54. The van der Waals surface area contributed by atoms with Gasteiger partial charge in [-0.2, -0.15) is 0 Å². The average Bonchev–Trinajstić information content (AvgIpc) is 2.43. The molecule has 0 spiro atoms. The number of aryl methyl sites for hydroxylation is 1. The molecule has 0 aliphatic carbocycles. The summed E-state index contributed by atoms with van der Waals surface area (Å²) in [6.45, 7) is 2.61. The Labute approximate surface area is 124 Å². The summed E-state index contributed by atoms with van der Waals surface area (Å²) >= 11 is 3.40. The minimum Gasteiger partial charge on any atom is -0.479 e. The lowest BCUT2D eigenvalue weighted by atomic mass is 10.2. The quantitative estimate of drug-likeness (QED) is 0.862. The lowest BCUT2D eigenvalue weighted by molar-refractivity contribution is -0.154. The third-order valence-corrected chi connectivity index (χ3v) is 3.91. The van der Waals surface area contributed by atoms with E-state index in [2.05, 4.69) is 21.2 Å². The zero-order valence-electron chi connectivity index (χ0n) is 10.9. The number of aliphatic carboxylic acids is 1. The van der Waals surface area contributed by atoms with Gasteiger partial charge in [0.25, 0.3) is 0 Å². The molecule has 2 amide bonds. The number of hydrogen-bond acceptors (Lipinski definition) is 3. The van der Waals surface area contributed by atoms with Crippen molar-refractivity contribution < 1.29 is 19.4 Å². The third kappa shape index (κ3) is 3.49. The van der Waals surface area contributed by atoms with Crippen LogP contribution in [-0.4, -0.2) is 47.8 Å². The van der Waals surface area contributed by atoms with Crippen molar-refractivity contribution in [3.05, 3.63) is 28.2 Å². The van der Waals surface area contributed by atoms with Gasteiger partial charge in [-0.3, -0.25) is 0 Å². The second-order valence-corrected chi connectivity index (χ2v) is 5.39. The molecule has 1 aromatic carbocycles. The van der Waals surface area contributed by atoms with E-state index in [0.717, 1.165) is 10.0 Å². The molecule has 0 aromatic heterocycles. The number of hydrogen-bond donors (Lipinski definition) is 2. The van der Waals surface area contributed by atoms with Crippen molar-refractivity contribution in [2.24, 2.45) is 0 Å². The number of rotatable bonds is 2. The number of halogens is 1. The van der Waals surface area contributed by atoms with E-state index in [9.17, 15) is 9.59 Å². The summed E-state index contributed by atoms with van der Waals surface area (Å²) in [6, 6.07) is 5.17. The zero-order valence-corrected chi connectivity index (χ0v) is 12.5. The Morgan fingerprint density at radius 3 is 2.90 bits per heavy atom. The van der Waals surface area contributed by atoms with Crippen LogP contribution >= 0.6 is 15.9 Å². The van der Waals surface area contributed by atoms with Crippen LogP contribution in [0.2, 0.25) is 0 Å². The highest BCUT2D eigenvalue weighted by atomic mass is 79.9. The Kier molecular flexibility index (Phi) is 4.61. The lowest BCUT2D eigenvalue weighted by Crippen LogP contribution is -2.49. The van der Waals surface area contributed by atoms with E-state index >= 15 is 0 Å². The molecule has 108 valence electrons. The van der Waals surface area contributed by atoms with Crippen LogP contribution in [-0.2, 0) is 9.53 Å². The molecular weight excluding hydrogens is 328 g/mol. The highest BCUT2D eigenvalue weighted by Gasteiger charge is 2.28. The average molecular weight is 343 g/mol. The number of nitrogens with zero attached hydrogens (tertiary/aromatic N) is 1. The van der Waals surface area contributed by atoms with Crippen molar-refractivity contribution in [2.45, 2.75) is 13.0 Å². The molecule has 0 bridgehead atoms. The number of ether oxygens (including phenoxy) is 1. The number of nitrogens with one attached hydrogen (secondary N) is 1. The van der Waals surface area contributed by atoms with Gasteiger partial charge in [0.15, 0.2) is 6.10 Å². The maximum absolute atomic E-state index is 12.1. The largest absolute Gasteiger partial charge is 0.479 e. The predicted molar refractivity (Wildman–Crippen MR) is 76.8 cm³/mol. The van der Waals surface area contributed by atoms with Crippen LogP contribution < -0.4 is 5.32 Å². The summed E-state index contributed by atoms with van der Waals surface area (Å²) in [5, 5.41) is 11.7. The standard InChI is InChI=1S/C13H15BrN2O4/c1-8-2-3-9(6-10(8)14)15-13(19)16-4-5-20-11(7-16)12(17)18/h2-3,6,11H,4-5,7H2,1H3,(H,15,19)(H,17,18). The number of anilines is 1. The number of morpholine rings is 1. The van der Waals surface area contributed by atoms with E-state index in [1.807, 2.05) is 19.1 Å². The van der Waals surface area contributed by atoms with Gasteiger partial charge in [0.1, 0.15) is 0 Å². The first-order chi connectivity index (χ1) is 9.47. The Bertz CT molecular complexity index is 535. The molecule has 1 atom stereocenters. The van der Waals surface area contributed by atoms with Crippen LogP contribution in [0.1, 0.15) is 5.56 Å². The number of urea groups is 1. The van der Waals surface area contributed by atoms with E-state index in [1.54, 1.807) is 6.07 Å². The highest BCUT2D eigenvalue weighted by molar-refractivity contribution is 9.10. The summed E-state index contributed by atoms with van der Waals surface area (Å²) < 4.78 is 5.98. The maximum Gasteiger partial charge on any atom is 0.334 e. The van der Waals surface area contributed by atoms with Gasteiger partial charge in [0.2, 0.25) is 0 Å². The molecule has 20 heavy (non-hydrogen) atoms. The molecule has 6 nitrogen and oxygen atoms in total. The van der Waals surface area contributed by atoms with E-state index in [1.165, 1.54) is 4.90 Å². The molecule has 1 fully saturated rings. The number of benzene rings is 1. The summed E-state index contributed by atoms with van der Waals surface area (Å²) in [5.41, 5.74) is 1.73. The molecule has 7 heteroatoms. The molecule has 1 aromatic rings. The molecule has 1 unspecified atom stereocenters. The van der Waals surface area contributed by atoms with Gasteiger partial charge in [-0.1, -0.05) is 22.0 Å². The Hall–Kier alpha value is -1.60. The number of amides is 2. The molecule has 1 aliphatic rings. The summed E-state index contributed by atoms with van der Waals surface area (Å²) in [5.74, 6) is -1.06. The number of carbonyl (C=O) groups excluding carboxylic acids is 1. The van der Waals surface area contributed by atoms with Crippen LogP contribution in [0.25, 0.3) is 0 Å². The summed E-state index contributed by atoms with van der Waals surface area (Å²) in [4.78, 5) is 24.4.